The fraction of sp³-hybridized carbons (Fsp3) is 0.167. The van der Waals surface area contributed by atoms with E-state index in [2.05, 4.69) is 20.6 Å². The maximum absolute atomic E-state index is 12.6. The van der Waals surface area contributed by atoms with Crippen molar-refractivity contribution >= 4 is 34.5 Å². The Morgan fingerprint density at radius 2 is 1.71 bits per heavy atom. The highest BCUT2D eigenvalue weighted by atomic mass is 32.2. The van der Waals surface area contributed by atoms with Crippen molar-refractivity contribution in [3.63, 3.8) is 0 Å². The van der Waals surface area contributed by atoms with Gasteiger partial charge in [-0.05, 0) is 42.5 Å². The van der Waals surface area contributed by atoms with Crippen LogP contribution in [0, 0.1) is 0 Å². The van der Waals surface area contributed by atoms with E-state index in [9.17, 15) is 4.79 Å². The van der Waals surface area contributed by atoms with Crippen molar-refractivity contribution < 1.29 is 19.0 Å². The number of ether oxygens (including phenoxy) is 3. The molecular formula is C24H22N6O4S. The number of thioether (sulfide) groups is 1. The van der Waals surface area contributed by atoms with Gasteiger partial charge in [0.1, 0.15) is 22.8 Å². The Bertz CT molecular complexity index is 1510. The summed E-state index contributed by atoms with van der Waals surface area (Å²) in [6, 6.07) is 14.9. The predicted molar refractivity (Wildman–Crippen MR) is 133 cm³/mol. The summed E-state index contributed by atoms with van der Waals surface area (Å²) in [5.41, 5.74) is 3.81. The number of hydrogen-bond acceptors (Lipinski definition) is 8. The van der Waals surface area contributed by atoms with Gasteiger partial charge >= 0.3 is 0 Å². The molecule has 0 atom stereocenters. The van der Waals surface area contributed by atoms with E-state index in [0.717, 1.165) is 22.5 Å². The minimum atomic E-state index is -0.192. The van der Waals surface area contributed by atoms with Crippen molar-refractivity contribution in [3.8, 4) is 28.5 Å². The molecule has 0 aliphatic heterocycles. The summed E-state index contributed by atoms with van der Waals surface area (Å²) in [7, 11) is 4.75. The average molecular weight is 491 g/mol. The van der Waals surface area contributed by atoms with Gasteiger partial charge in [-0.1, -0.05) is 11.8 Å². The van der Waals surface area contributed by atoms with Crippen LogP contribution < -0.4 is 19.5 Å². The second-order valence-corrected chi connectivity index (χ2v) is 8.41. The lowest BCUT2D eigenvalue weighted by atomic mass is 10.1. The molecule has 3 heterocycles. The zero-order chi connectivity index (χ0) is 24.4. The van der Waals surface area contributed by atoms with Crippen molar-refractivity contribution in [2.24, 2.45) is 0 Å². The van der Waals surface area contributed by atoms with Gasteiger partial charge in [0.25, 0.3) is 0 Å². The Balaban J connectivity index is 1.33. The van der Waals surface area contributed by atoms with Crippen LogP contribution >= 0.6 is 11.8 Å². The van der Waals surface area contributed by atoms with Gasteiger partial charge in [0, 0.05) is 24.0 Å². The highest BCUT2D eigenvalue weighted by molar-refractivity contribution is 7.99. The van der Waals surface area contributed by atoms with Crippen molar-refractivity contribution in [2.75, 3.05) is 32.4 Å². The number of aromatic nitrogens is 5. The second-order valence-electron chi connectivity index (χ2n) is 7.47. The van der Waals surface area contributed by atoms with E-state index in [4.69, 9.17) is 14.2 Å². The fourth-order valence-corrected chi connectivity index (χ4v) is 4.33. The van der Waals surface area contributed by atoms with Crippen LogP contribution in [0.3, 0.4) is 0 Å². The molecule has 0 spiro atoms. The summed E-state index contributed by atoms with van der Waals surface area (Å²) in [4.78, 5) is 12.6. The van der Waals surface area contributed by atoms with Gasteiger partial charge in [-0.25, -0.2) is 4.52 Å². The minimum Gasteiger partial charge on any atom is -0.497 e. The van der Waals surface area contributed by atoms with Crippen LogP contribution in [0.2, 0.25) is 0 Å². The van der Waals surface area contributed by atoms with Gasteiger partial charge in [-0.2, -0.15) is 5.10 Å². The first-order valence-corrected chi connectivity index (χ1v) is 11.6. The van der Waals surface area contributed by atoms with Crippen LogP contribution in [0.15, 0.2) is 66.1 Å². The van der Waals surface area contributed by atoms with Gasteiger partial charge < -0.3 is 19.5 Å². The molecule has 0 unspecified atom stereocenters. The lowest BCUT2D eigenvalue weighted by molar-refractivity contribution is -0.113. The van der Waals surface area contributed by atoms with Crippen LogP contribution in [-0.2, 0) is 4.79 Å². The maximum Gasteiger partial charge on any atom is 0.234 e. The second kappa shape index (κ2) is 9.55. The third-order valence-corrected chi connectivity index (χ3v) is 6.33. The summed E-state index contributed by atoms with van der Waals surface area (Å²) in [6.07, 6.45) is 3.67. The summed E-state index contributed by atoms with van der Waals surface area (Å²) in [5.74, 6) is 1.91. The Hall–Kier alpha value is -4.25. The molecule has 0 radical (unpaired) electrons. The van der Waals surface area contributed by atoms with E-state index >= 15 is 0 Å². The number of carbonyl (C=O) groups excluding carboxylic acids is 1. The van der Waals surface area contributed by atoms with Crippen LogP contribution in [0.5, 0.6) is 17.2 Å². The number of rotatable bonds is 8. The number of benzene rings is 2. The number of nitrogens with one attached hydrogen (secondary N) is 1. The summed E-state index contributed by atoms with van der Waals surface area (Å²) in [6.45, 7) is 0. The van der Waals surface area contributed by atoms with Gasteiger partial charge in [0.15, 0.2) is 10.8 Å². The molecule has 0 fully saturated rings. The predicted octanol–water partition coefficient (Wildman–Crippen LogP) is 3.80. The molecule has 10 nitrogen and oxygen atoms in total. The number of anilines is 1. The topological polar surface area (TPSA) is 104 Å². The molecule has 0 aliphatic carbocycles. The third-order valence-electron chi connectivity index (χ3n) is 5.39. The lowest BCUT2D eigenvalue weighted by Crippen LogP contribution is -2.15. The molecule has 0 saturated carbocycles. The van der Waals surface area contributed by atoms with E-state index in [0.29, 0.717) is 28.0 Å². The molecule has 178 valence electrons. The smallest absolute Gasteiger partial charge is 0.234 e. The zero-order valence-electron chi connectivity index (χ0n) is 19.3. The average Bonchev–Trinajstić information content (AvgIpc) is 3.52. The molecular weight excluding hydrogens is 468 g/mol. The Labute approximate surface area is 204 Å². The van der Waals surface area contributed by atoms with Crippen molar-refractivity contribution in [2.45, 2.75) is 5.16 Å². The normalized spacial score (nSPS) is 11.1. The van der Waals surface area contributed by atoms with Crippen LogP contribution in [0.4, 0.5) is 5.69 Å². The number of methoxy groups -OCH3 is 3. The molecule has 1 N–H and O–H groups in total. The van der Waals surface area contributed by atoms with Gasteiger partial charge in [0.05, 0.1) is 38.5 Å². The monoisotopic (exact) mass is 490 g/mol. The number of fused-ring (bicyclic) bond motifs is 3. The van der Waals surface area contributed by atoms with Gasteiger partial charge in [-0.15, -0.1) is 10.2 Å². The zero-order valence-corrected chi connectivity index (χ0v) is 20.1. The fourth-order valence-electron chi connectivity index (χ4n) is 3.61. The minimum absolute atomic E-state index is 0.150. The molecule has 11 heteroatoms. The standard InChI is InChI=1S/C24H22N6O4S/c1-32-16-6-4-15(5-7-16)19-13-20-23-26-27-24(29(23)10-11-30(20)28-19)35-14-22(31)25-18-9-8-17(33-2)12-21(18)34-3/h4-13H,14H2,1-3H3,(H,25,31). The van der Waals surface area contributed by atoms with E-state index in [1.807, 2.05) is 47.1 Å². The van der Waals surface area contributed by atoms with Crippen molar-refractivity contribution in [1.29, 1.82) is 0 Å². The molecule has 0 bridgehead atoms. The summed E-state index contributed by atoms with van der Waals surface area (Å²) in [5, 5.41) is 16.7. The molecule has 2 aromatic carbocycles. The number of nitrogens with zero attached hydrogens (tertiary/aromatic N) is 5. The number of amides is 1. The molecule has 35 heavy (non-hydrogen) atoms. The highest BCUT2D eigenvalue weighted by Gasteiger charge is 2.15. The van der Waals surface area contributed by atoms with E-state index in [-0.39, 0.29) is 11.7 Å². The van der Waals surface area contributed by atoms with E-state index < -0.39 is 0 Å². The van der Waals surface area contributed by atoms with Crippen molar-refractivity contribution in [1.82, 2.24) is 24.2 Å². The maximum atomic E-state index is 12.6. The quantitative estimate of drug-likeness (QED) is 0.328. The first-order chi connectivity index (χ1) is 17.1. The van der Waals surface area contributed by atoms with Crippen LogP contribution in [-0.4, -0.2) is 57.2 Å². The molecule has 5 rings (SSSR count). The van der Waals surface area contributed by atoms with Crippen molar-refractivity contribution in [3.05, 3.63) is 60.9 Å². The highest BCUT2D eigenvalue weighted by Crippen LogP contribution is 2.30. The van der Waals surface area contributed by atoms with E-state index in [1.54, 1.807) is 44.0 Å². The van der Waals surface area contributed by atoms with Crippen LogP contribution in [0.25, 0.3) is 22.4 Å². The Morgan fingerprint density at radius 3 is 2.46 bits per heavy atom. The van der Waals surface area contributed by atoms with Gasteiger partial charge in [0.2, 0.25) is 5.91 Å². The Kier molecular flexibility index (Phi) is 6.15. The summed E-state index contributed by atoms with van der Waals surface area (Å²) >= 11 is 1.29. The molecule has 3 aromatic heterocycles. The third kappa shape index (κ3) is 4.45. The summed E-state index contributed by atoms with van der Waals surface area (Å²) < 4.78 is 19.4. The largest absolute Gasteiger partial charge is 0.497 e. The molecule has 0 saturated heterocycles. The number of carbonyl (C=O) groups is 1. The first kappa shape index (κ1) is 22.5. The van der Waals surface area contributed by atoms with Gasteiger partial charge in [-0.3, -0.25) is 9.20 Å². The van der Waals surface area contributed by atoms with Crippen LogP contribution in [0.1, 0.15) is 0 Å². The van der Waals surface area contributed by atoms with E-state index in [1.165, 1.54) is 11.8 Å². The number of hydrogen-bond donors (Lipinski definition) is 1. The first-order valence-electron chi connectivity index (χ1n) is 10.6. The SMILES string of the molecule is COc1ccc(-c2cc3c4nnc(SCC(=O)Nc5ccc(OC)cc5OC)n4ccn3n2)cc1. The molecule has 0 aliphatic rings. The Morgan fingerprint density at radius 1 is 0.943 bits per heavy atom. The molecule has 5 aromatic rings. The lowest BCUT2D eigenvalue weighted by Gasteiger charge is -2.11. The molecule has 1 amide bonds.